The predicted molar refractivity (Wildman–Crippen MR) is 81.3 cm³/mol. The maximum atomic E-state index is 11.9. The van der Waals surface area contributed by atoms with Crippen LogP contribution in [0.2, 0.25) is 5.02 Å². The van der Waals surface area contributed by atoms with Crippen molar-refractivity contribution in [3.05, 3.63) is 34.4 Å². The molecular formula is C14H20ClN5O. The maximum absolute atomic E-state index is 11.9. The van der Waals surface area contributed by atoms with E-state index in [2.05, 4.69) is 15.5 Å². The first-order chi connectivity index (χ1) is 9.99. The van der Waals surface area contributed by atoms with Crippen LogP contribution in [0.4, 0.5) is 0 Å². The van der Waals surface area contributed by atoms with Gasteiger partial charge in [-0.3, -0.25) is 14.2 Å². The molecule has 2 heterocycles. The number of carbonyl (C=O) groups excluding carboxylic acids is 1. The molecule has 0 spiro atoms. The van der Waals surface area contributed by atoms with Crippen molar-refractivity contribution in [2.75, 3.05) is 6.54 Å². The summed E-state index contributed by atoms with van der Waals surface area (Å²) >= 11 is 6.06. The quantitative estimate of drug-likeness (QED) is 0.828. The SMILES string of the molecule is Cc1nn(CC(=O)NCCCn2nccc2C)c(C)c1Cl. The summed E-state index contributed by atoms with van der Waals surface area (Å²) in [7, 11) is 0. The van der Waals surface area contributed by atoms with Crippen molar-refractivity contribution in [3.8, 4) is 0 Å². The fraction of sp³-hybridized carbons (Fsp3) is 0.500. The first-order valence-corrected chi connectivity index (χ1v) is 7.31. The third kappa shape index (κ3) is 3.85. The normalized spacial score (nSPS) is 10.9. The molecule has 2 rings (SSSR count). The minimum Gasteiger partial charge on any atom is -0.354 e. The van der Waals surface area contributed by atoms with Gasteiger partial charge in [-0.1, -0.05) is 11.6 Å². The summed E-state index contributed by atoms with van der Waals surface area (Å²) in [5, 5.41) is 11.9. The number of amides is 1. The Labute approximate surface area is 129 Å². The first kappa shape index (κ1) is 15.6. The second-order valence-electron chi connectivity index (χ2n) is 5.04. The van der Waals surface area contributed by atoms with Gasteiger partial charge >= 0.3 is 0 Å². The van der Waals surface area contributed by atoms with Crippen LogP contribution in [0.5, 0.6) is 0 Å². The van der Waals surface area contributed by atoms with Gasteiger partial charge in [-0.25, -0.2) is 0 Å². The van der Waals surface area contributed by atoms with Gasteiger partial charge < -0.3 is 5.32 Å². The fourth-order valence-corrected chi connectivity index (χ4v) is 2.25. The Kier molecular flexibility index (Phi) is 5.01. The third-order valence-electron chi connectivity index (χ3n) is 3.38. The molecule has 0 radical (unpaired) electrons. The fourth-order valence-electron chi connectivity index (χ4n) is 2.11. The molecule has 0 aliphatic heterocycles. The molecule has 114 valence electrons. The van der Waals surface area contributed by atoms with E-state index in [1.54, 1.807) is 10.9 Å². The van der Waals surface area contributed by atoms with Crippen LogP contribution in [0.1, 0.15) is 23.5 Å². The molecule has 0 aliphatic carbocycles. The van der Waals surface area contributed by atoms with Gasteiger partial charge in [0.05, 0.1) is 16.4 Å². The summed E-state index contributed by atoms with van der Waals surface area (Å²) < 4.78 is 3.55. The molecule has 0 unspecified atom stereocenters. The van der Waals surface area contributed by atoms with Gasteiger partial charge in [-0.05, 0) is 33.3 Å². The number of halogens is 1. The van der Waals surface area contributed by atoms with Crippen molar-refractivity contribution in [2.24, 2.45) is 0 Å². The smallest absolute Gasteiger partial charge is 0.241 e. The van der Waals surface area contributed by atoms with E-state index in [-0.39, 0.29) is 12.5 Å². The maximum Gasteiger partial charge on any atom is 0.241 e. The van der Waals surface area contributed by atoms with Crippen LogP contribution in [0.15, 0.2) is 12.3 Å². The first-order valence-electron chi connectivity index (χ1n) is 6.93. The molecule has 1 N–H and O–H groups in total. The van der Waals surface area contributed by atoms with E-state index in [0.29, 0.717) is 11.6 Å². The highest BCUT2D eigenvalue weighted by Gasteiger charge is 2.11. The van der Waals surface area contributed by atoms with E-state index >= 15 is 0 Å². The monoisotopic (exact) mass is 309 g/mol. The largest absolute Gasteiger partial charge is 0.354 e. The molecule has 6 nitrogen and oxygen atoms in total. The number of aromatic nitrogens is 4. The predicted octanol–water partition coefficient (Wildman–Crippen LogP) is 1.86. The van der Waals surface area contributed by atoms with E-state index < -0.39 is 0 Å². The van der Waals surface area contributed by atoms with Gasteiger partial charge in [-0.15, -0.1) is 0 Å². The van der Waals surface area contributed by atoms with Crippen molar-refractivity contribution in [3.63, 3.8) is 0 Å². The second-order valence-corrected chi connectivity index (χ2v) is 5.42. The number of hydrogen-bond donors (Lipinski definition) is 1. The summed E-state index contributed by atoms with van der Waals surface area (Å²) in [6.45, 7) is 7.31. The van der Waals surface area contributed by atoms with E-state index in [1.807, 2.05) is 31.5 Å². The lowest BCUT2D eigenvalue weighted by Gasteiger charge is -2.08. The van der Waals surface area contributed by atoms with Crippen molar-refractivity contribution in [1.82, 2.24) is 24.9 Å². The van der Waals surface area contributed by atoms with E-state index in [1.165, 1.54) is 0 Å². The molecule has 0 saturated heterocycles. The molecule has 0 saturated carbocycles. The molecule has 2 aromatic heterocycles. The zero-order valence-corrected chi connectivity index (χ0v) is 13.3. The Hall–Kier alpha value is -1.82. The van der Waals surface area contributed by atoms with Gasteiger partial charge in [-0.2, -0.15) is 10.2 Å². The summed E-state index contributed by atoms with van der Waals surface area (Å²) in [5.41, 5.74) is 2.69. The number of hydrogen-bond acceptors (Lipinski definition) is 3. The number of rotatable bonds is 6. The number of nitrogens with one attached hydrogen (secondary N) is 1. The van der Waals surface area contributed by atoms with Gasteiger partial charge in [0, 0.05) is 25.0 Å². The Morgan fingerprint density at radius 2 is 2.10 bits per heavy atom. The standard InChI is InChI=1S/C14H20ClN5O/c1-10-5-7-17-19(10)8-4-6-16-13(21)9-20-12(3)14(15)11(2)18-20/h5,7H,4,6,8-9H2,1-3H3,(H,16,21). The minimum atomic E-state index is -0.0607. The molecule has 1 amide bonds. The van der Waals surface area contributed by atoms with Crippen LogP contribution in [-0.4, -0.2) is 32.0 Å². The highest BCUT2D eigenvalue weighted by Crippen LogP contribution is 2.18. The Morgan fingerprint density at radius 1 is 1.33 bits per heavy atom. The highest BCUT2D eigenvalue weighted by molar-refractivity contribution is 6.31. The zero-order chi connectivity index (χ0) is 15.4. The Bertz CT molecular complexity index is 631. The summed E-state index contributed by atoms with van der Waals surface area (Å²) in [4.78, 5) is 11.9. The highest BCUT2D eigenvalue weighted by atomic mass is 35.5. The Balaban J connectivity index is 1.75. The van der Waals surface area contributed by atoms with E-state index in [9.17, 15) is 4.79 Å². The van der Waals surface area contributed by atoms with Crippen molar-refractivity contribution in [1.29, 1.82) is 0 Å². The summed E-state index contributed by atoms with van der Waals surface area (Å²) in [6, 6.07) is 1.96. The summed E-state index contributed by atoms with van der Waals surface area (Å²) in [5.74, 6) is -0.0607. The Morgan fingerprint density at radius 3 is 2.67 bits per heavy atom. The van der Waals surface area contributed by atoms with Crippen molar-refractivity contribution >= 4 is 17.5 Å². The van der Waals surface area contributed by atoms with Gasteiger partial charge in [0.2, 0.25) is 5.91 Å². The van der Waals surface area contributed by atoms with Crippen LogP contribution in [0.25, 0.3) is 0 Å². The molecule has 2 aromatic rings. The second kappa shape index (κ2) is 6.76. The lowest BCUT2D eigenvalue weighted by atomic mass is 10.4. The molecule has 7 heteroatoms. The molecular weight excluding hydrogens is 290 g/mol. The van der Waals surface area contributed by atoms with E-state index in [4.69, 9.17) is 11.6 Å². The van der Waals surface area contributed by atoms with Gasteiger partial charge in [0.15, 0.2) is 0 Å². The van der Waals surface area contributed by atoms with Crippen LogP contribution in [-0.2, 0) is 17.9 Å². The topological polar surface area (TPSA) is 64.7 Å². The average Bonchev–Trinajstić information content (AvgIpc) is 2.95. The zero-order valence-electron chi connectivity index (χ0n) is 12.6. The van der Waals surface area contributed by atoms with Crippen LogP contribution in [0.3, 0.4) is 0 Å². The molecule has 0 aromatic carbocycles. The molecule has 0 atom stereocenters. The van der Waals surface area contributed by atoms with Gasteiger partial charge in [0.1, 0.15) is 6.54 Å². The van der Waals surface area contributed by atoms with Crippen molar-refractivity contribution < 1.29 is 4.79 Å². The van der Waals surface area contributed by atoms with Crippen LogP contribution in [0, 0.1) is 20.8 Å². The lowest BCUT2D eigenvalue weighted by molar-refractivity contribution is -0.121. The molecule has 0 aliphatic rings. The molecule has 0 bridgehead atoms. The lowest BCUT2D eigenvalue weighted by Crippen LogP contribution is -2.29. The third-order valence-corrected chi connectivity index (χ3v) is 3.93. The minimum absolute atomic E-state index is 0.0607. The van der Waals surface area contributed by atoms with Crippen LogP contribution >= 0.6 is 11.6 Å². The van der Waals surface area contributed by atoms with Crippen LogP contribution < -0.4 is 5.32 Å². The van der Waals surface area contributed by atoms with Crippen molar-refractivity contribution in [2.45, 2.75) is 40.3 Å². The number of carbonyl (C=O) groups is 1. The average molecular weight is 310 g/mol. The summed E-state index contributed by atoms with van der Waals surface area (Å²) in [6.07, 6.45) is 2.62. The molecule has 21 heavy (non-hydrogen) atoms. The molecule has 0 fully saturated rings. The number of nitrogens with zero attached hydrogens (tertiary/aromatic N) is 4. The van der Waals surface area contributed by atoms with E-state index in [0.717, 1.165) is 30.0 Å². The number of aryl methyl sites for hydroxylation is 3. The van der Waals surface area contributed by atoms with Gasteiger partial charge in [0.25, 0.3) is 0 Å².